The van der Waals surface area contributed by atoms with Crippen molar-refractivity contribution in [1.82, 2.24) is 15.5 Å². The molecule has 44 heavy (non-hydrogen) atoms. The number of amides is 3. The topological polar surface area (TPSA) is 157 Å². The molecule has 1 aromatic rings. The maximum Gasteiger partial charge on any atom is 0.408 e. The Morgan fingerprint density at radius 1 is 1.11 bits per heavy atom. The molecule has 3 amide bonds. The van der Waals surface area contributed by atoms with Crippen LogP contribution in [0.5, 0.6) is 0 Å². The molecule has 0 aromatic heterocycles. The monoisotopic (exact) mass is 697 g/mol. The van der Waals surface area contributed by atoms with Crippen LogP contribution in [0.15, 0.2) is 46.3 Å². The standard InChI is InChI=1S/C30H40BrN3O9S/c1-6-18-16-30(18,27(37)41-5)33-25(35)23-15-21(43-44(39,40)22-13-11-19(31)12-14-22)17-34(23)26(36)24(29(2,3)4)32-28(38)42-20-9-7-8-10-20/h6,11-14,18,20-21,23-24H,1,7-10,15-17H2,2-5H3,(H,32,38)(H,33,35)/t18?,21?,23-,24+,30+/m0/s1. The number of rotatable bonds is 10. The average Bonchev–Trinajstić information content (AvgIpc) is 3.24. The Bertz CT molecular complexity index is 1390. The summed E-state index contributed by atoms with van der Waals surface area (Å²) in [5, 5.41) is 5.42. The highest BCUT2D eigenvalue weighted by molar-refractivity contribution is 9.10. The summed E-state index contributed by atoms with van der Waals surface area (Å²) in [5.74, 6) is -2.32. The number of hydrogen-bond acceptors (Lipinski definition) is 9. The number of esters is 1. The largest absolute Gasteiger partial charge is 0.467 e. The highest BCUT2D eigenvalue weighted by Crippen LogP contribution is 2.45. The van der Waals surface area contributed by atoms with Gasteiger partial charge in [0.25, 0.3) is 10.1 Å². The molecule has 1 saturated heterocycles. The Hall–Kier alpha value is -2.97. The van der Waals surface area contributed by atoms with Gasteiger partial charge in [0.15, 0.2) is 0 Å². The molecule has 1 heterocycles. The van der Waals surface area contributed by atoms with E-state index in [2.05, 4.69) is 33.1 Å². The molecule has 3 aliphatic rings. The van der Waals surface area contributed by atoms with Gasteiger partial charge in [0.2, 0.25) is 11.8 Å². The first-order valence-corrected chi connectivity index (χ1v) is 16.8. The summed E-state index contributed by atoms with van der Waals surface area (Å²) in [5.41, 5.74) is -2.15. The van der Waals surface area contributed by atoms with Crippen LogP contribution in [0.1, 0.15) is 59.3 Å². The Morgan fingerprint density at radius 2 is 1.75 bits per heavy atom. The number of ether oxygens (including phenoxy) is 2. The number of benzene rings is 1. The summed E-state index contributed by atoms with van der Waals surface area (Å²) in [6, 6.07) is 3.53. The van der Waals surface area contributed by atoms with Crippen LogP contribution in [0.25, 0.3) is 0 Å². The SMILES string of the molecule is C=CC1C[C@]1(NC(=O)[C@@H]1CC(OS(=O)(=O)c2ccc(Br)cc2)CN1C(=O)[C@@H](NC(=O)OC1CCCC1)C(C)(C)C)C(=O)OC. The molecule has 5 atom stereocenters. The molecule has 12 nitrogen and oxygen atoms in total. The Kier molecular flexibility index (Phi) is 10.2. The van der Waals surface area contributed by atoms with Gasteiger partial charge in [0, 0.05) is 23.4 Å². The predicted molar refractivity (Wildman–Crippen MR) is 163 cm³/mol. The number of carbonyl (C=O) groups excluding carboxylic acids is 4. The number of hydrogen-bond donors (Lipinski definition) is 2. The third-order valence-corrected chi connectivity index (χ3v) is 10.3. The number of halogens is 1. The zero-order valence-corrected chi connectivity index (χ0v) is 27.7. The van der Waals surface area contributed by atoms with Gasteiger partial charge in [-0.25, -0.2) is 9.59 Å². The minimum absolute atomic E-state index is 0.0909. The highest BCUT2D eigenvalue weighted by atomic mass is 79.9. The first-order valence-electron chi connectivity index (χ1n) is 14.6. The van der Waals surface area contributed by atoms with Gasteiger partial charge in [-0.3, -0.25) is 13.8 Å². The van der Waals surface area contributed by atoms with Gasteiger partial charge in [-0.1, -0.05) is 42.8 Å². The van der Waals surface area contributed by atoms with E-state index in [-0.39, 0.29) is 36.3 Å². The molecule has 0 radical (unpaired) electrons. The van der Waals surface area contributed by atoms with Crippen molar-refractivity contribution in [2.75, 3.05) is 13.7 Å². The fraction of sp³-hybridized carbons (Fsp3) is 0.600. The molecule has 1 aromatic carbocycles. The molecular weight excluding hydrogens is 658 g/mol. The van der Waals surface area contributed by atoms with Crippen molar-refractivity contribution in [2.45, 2.75) is 94.0 Å². The van der Waals surface area contributed by atoms with E-state index in [1.165, 1.54) is 24.1 Å². The van der Waals surface area contributed by atoms with Crippen LogP contribution in [-0.4, -0.2) is 80.7 Å². The fourth-order valence-corrected chi connectivity index (χ4v) is 7.15. The first-order chi connectivity index (χ1) is 20.6. The highest BCUT2D eigenvalue weighted by Gasteiger charge is 2.62. The van der Waals surface area contributed by atoms with Crippen LogP contribution in [0, 0.1) is 11.3 Å². The average molecular weight is 699 g/mol. The van der Waals surface area contributed by atoms with Gasteiger partial charge in [0.05, 0.1) is 18.1 Å². The fourth-order valence-electron chi connectivity index (χ4n) is 5.81. The summed E-state index contributed by atoms with van der Waals surface area (Å²) in [4.78, 5) is 54.5. The minimum Gasteiger partial charge on any atom is -0.467 e. The lowest BCUT2D eigenvalue weighted by Gasteiger charge is -2.35. The summed E-state index contributed by atoms with van der Waals surface area (Å²) in [7, 11) is -3.05. The second kappa shape index (κ2) is 13.2. The molecular formula is C30H40BrN3O9S. The van der Waals surface area contributed by atoms with Gasteiger partial charge in [-0.15, -0.1) is 6.58 Å². The number of nitrogens with one attached hydrogen (secondary N) is 2. The zero-order chi connectivity index (χ0) is 32.4. The van der Waals surface area contributed by atoms with Crippen molar-refractivity contribution < 1.29 is 41.3 Å². The molecule has 2 N–H and O–H groups in total. The van der Waals surface area contributed by atoms with Crippen LogP contribution in [0.3, 0.4) is 0 Å². The van der Waals surface area contributed by atoms with Crippen LogP contribution >= 0.6 is 15.9 Å². The van der Waals surface area contributed by atoms with Crippen molar-refractivity contribution in [2.24, 2.45) is 11.3 Å². The molecule has 0 spiro atoms. The number of carbonyl (C=O) groups is 4. The van der Waals surface area contributed by atoms with E-state index in [0.717, 1.165) is 25.7 Å². The van der Waals surface area contributed by atoms with Crippen LogP contribution in [-0.2, 0) is 38.2 Å². The molecule has 242 valence electrons. The van der Waals surface area contributed by atoms with Gasteiger partial charge in [-0.2, -0.15) is 8.42 Å². The summed E-state index contributed by atoms with van der Waals surface area (Å²) >= 11 is 3.27. The van der Waals surface area contributed by atoms with E-state index in [1.54, 1.807) is 39.0 Å². The minimum atomic E-state index is -4.26. The molecule has 2 saturated carbocycles. The first kappa shape index (κ1) is 33.9. The smallest absolute Gasteiger partial charge is 0.408 e. The van der Waals surface area contributed by atoms with Crippen molar-refractivity contribution in [3.63, 3.8) is 0 Å². The van der Waals surface area contributed by atoms with Crippen LogP contribution in [0.2, 0.25) is 0 Å². The lowest BCUT2D eigenvalue weighted by atomic mass is 9.85. The maximum atomic E-state index is 14.1. The third kappa shape index (κ3) is 7.45. The van der Waals surface area contributed by atoms with Crippen LogP contribution in [0.4, 0.5) is 4.79 Å². The third-order valence-electron chi connectivity index (χ3n) is 8.36. The molecule has 1 aliphatic heterocycles. The lowest BCUT2D eigenvalue weighted by Crippen LogP contribution is -2.59. The summed E-state index contributed by atoms with van der Waals surface area (Å²) in [6.45, 7) is 8.74. The van der Waals surface area contributed by atoms with Gasteiger partial charge < -0.3 is 25.0 Å². The van der Waals surface area contributed by atoms with Crippen molar-refractivity contribution in [1.29, 1.82) is 0 Å². The van der Waals surface area contributed by atoms with Gasteiger partial charge >= 0.3 is 12.1 Å². The molecule has 2 aliphatic carbocycles. The zero-order valence-electron chi connectivity index (χ0n) is 25.3. The Balaban J connectivity index is 1.60. The number of methoxy groups -OCH3 is 1. The van der Waals surface area contributed by atoms with E-state index >= 15 is 0 Å². The number of likely N-dealkylation sites (tertiary alicyclic amines) is 1. The summed E-state index contributed by atoms with van der Waals surface area (Å²) in [6.07, 6.45) is 2.97. The number of alkyl carbamates (subject to hydrolysis) is 1. The molecule has 2 unspecified atom stereocenters. The van der Waals surface area contributed by atoms with Gasteiger partial charge in [-0.05, 0) is 61.8 Å². The van der Waals surface area contributed by atoms with E-state index in [4.69, 9.17) is 13.7 Å². The van der Waals surface area contributed by atoms with Gasteiger partial charge in [0.1, 0.15) is 23.7 Å². The predicted octanol–water partition coefficient (Wildman–Crippen LogP) is 3.44. The maximum absolute atomic E-state index is 14.1. The molecule has 14 heteroatoms. The van der Waals surface area contributed by atoms with E-state index in [1.807, 2.05) is 0 Å². The quantitative estimate of drug-likeness (QED) is 0.212. The van der Waals surface area contributed by atoms with Crippen molar-refractivity contribution in [3.05, 3.63) is 41.4 Å². The second-order valence-electron chi connectivity index (χ2n) is 12.6. The normalized spacial score (nSPS) is 26.0. The number of nitrogens with zero attached hydrogens (tertiary/aromatic N) is 1. The Labute approximate surface area is 266 Å². The molecule has 3 fully saturated rings. The molecule has 4 rings (SSSR count). The summed E-state index contributed by atoms with van der Waals surface area (Å²) < 4.78 is 42.9. The second-order valence-corrected chi connectivity index (χ2v) is 15.1. The van der Waals surface area contributed by atoms with Crippen LogP contribution < -0.4 is 10.6 Å². The van der Waals surface area contributed by atoms with E-state index in [9.17, 15) is 27.6 Å². The van der Waals surface area contributed by atoms with E-state index < -0.39 is 63.1 Å². The lowest BCUT2D eigenvalue weighted by molar-refractivity contribution is -0.148. The Morgan fingerprint density at radius 3 is 2.30 bits per heavy atom. The van der Waals surface area contributed by atoms with E-state index in [0.29, 0.717) is 4.47 Å². The van der Waals surface area contributed by atoms with Crippen molar-refractivity contribution >= 4 is 49.9 Å². The molecule has 0 bridgehead atoms. The van der Waals surface area contributed by atoms with Crippen molar-refractivity contribution in [3.8, 4) is 0 Å².